The second kappa shape index (κ2) is 36.5. The van der Waals surface area contributed by atoms with Gasteiger partial charge in [-0.2, -0.15) is 0 Å². The van der Waals surface area contributed by atoms with E-state index in [0.29, 0.717) is 142 Å². The summed E-state index contributed by atoms with van der Waals surface area (Å²) in [5.74, 6) is -1.93. The largest absolute Gasteiger partial charge is 0.748 e. The summed E-state index contributed by atoms with van der Waals surface area (Å²) in [5.41, 5.74) is 4.33. The Bertz CT molecular complexity index is 1880. The van der Waals surface area contributed by atoms with Crippen molar-refractivity contribution in [3.8, 4) is 11.1 Å². The summed E-state index contributed by atoms with van der Waals surface area (Å²) >= 11 is 0. The van der Waals surface area contributed by atoms with Crippen LogP contribution in [0.2, 0.25) is 0 Å². The molecule has 0 heterocycles. The zero-order chi connectivity index (χ0) is 51.4. The number of hydrogen-bond donors (Lipinski definition) is 4. The SMILES string of the molecule is C[N+](C)(CCCC(=O)NCCOCCOCCOCCOCOOCCOCCOCCOCCC(=O)NCCCC[C@@H](NC(=O)OCC1c2ccccc2-c2ccccc21)C(=O)O)CCCS(=O)(=O)[O-]. The zero-order valence-electron chi connectivity index (χ0n) is 41.3. The second-order valence-electron chi connectivity index (χ2n) is 17.0. The first kappa shape index (κ1) is 60.9. The molecule has 2 aromatic carbocycles. The highest BCUT2D eigenvalue weighted by atomic mass is 32.2. The molecule has 0 fully saturated rings. The van der Waals surface area contributed by atoms with Crippen molar-refractivity contribution >= 4 is 34.0 Å². The number of hydrogen-bond acceptors (Lipinski definition) is 17. The highest BCUT2D eigenvalue weighted by molar-refractivity contribution is 7.85. The third kappa shape index (κ3) is 29.1. The lowest BCUT2D eigenvalue weighted by Crippen LogP contribution is -2.42. The van der Waals surface area contributed by atoms with Crippen LogP contribution in [-0.4, -0.2) is 204 Å². The molecule has 71 heavy (non-hydrogen) atoms. The number of unbranched alkanes of at least 4 members (excludes halogenated alkanes) is 1. The molecule has 0 radical (unpaired) electrons. The zero-order valence-corrected chi connectivity index (χ0v) is 42.1. The monoisotopic (exact) mass is 1030 g/mol. The second-order valence-corrected chi connectivity index (χ2v) is 18.6. The summed E-state index contributed by atoms with van der Waals surface area (Å²) in [6.45, 7) is 6.66. The molecule has 1 aliphatic carbocycles. The van der Waals surface area contributed by atoms with Gasteiger partial charge >= 0.3 is 12.1 Å². The number of nitrogens with zero attached hydrogens (tertiary/aromatic N) is 1. The molecule has 0 bridgehead atoms. The molecule has 3 rings (SSSR count). The standard InChI is InChI=1S/C48H76N4O18S/c1-52(2,21-10-36-71(58,59)60)20-9-16-45(53)50-19-23-62-25-27-64-28-29-65-32-33-67-38-70-69-35-34-66-31-30-63-26-24-61-22-17-46(54)49-18-8-7-15-44(47(55)56)51-48(57)68-37-43-41-13-5-3-11-39(41)40-12-4-6-14-42(40)43/h3-6,11-14,43-44H,7-10,15-38H2,1-2H3,(H4-,49,50,51,53,54,55,56,57,58,59,60)/t44-/m1/s1. The van der Waals surface area contributed by atoms with Crippen molar-refractivity contribution in [2.45, 2.75) is 56.9 Å². The Morgan fingerprint density at radius 2 is 1.13 bits per heavy atom. The van der Waals surface area contributed by atoms with Crippen LogP contribution in [0.4, 0.5) is 4.79 Å². The van der Waals surface area contributed by atoms with E-state index < -0.39 is 28.2 Å². The van der Waals surface area contributed by atoms with Gasteiger partial charge in [-0.25, -0.2) is 27.8 Å². The molecule has 1 atom stereocenters. The molecular formula is C48H76N4O18S. The summed E-state index contributed by atoms with van der Waals surface area (Å²) < 4.78 is 76.3. The van der Waals surface area contributed by atoms with Gasteiger partial charge in [-0.1, -0.05) is 48.5 Å². The van der Waals surface area contributed by atoms with Gasteiger partial charge in [0.1, 0.15) is 19.3 Å². The molecule has 0 aromatic heterocycles. The van der Waals surface area contributed by atoms with Crippen molar-refractivity contribution in [2.75, 3.05) is 152 Å². The van der Waals surface area contributed by atoms with E-state index in [1.807, 2.05) is 62.6 Å². The normalized spacial score (nSPS) is 12.8. The van der Waals surface area contributed by atoms with Gasteiger partial charge < -0.3 is 68.0 Å². The number of carboxylic acid groups (broad SMARTS) is 1. The molecule has 0 spiro atoms. The minimum atomic E-state index is -4.21. The highest BCUT2D eigenvalue weighted by Gasteiger charge is 2.30. The molecule has 0 unspecified atom stereocenters. The smallest absolute Gasteiger partial charge is 0.407 e. The highest BCUT2D eigenvalue weighted by Crippen LogP contribution is 2.44. The van der Waals surface area contributed by atoms with Gasteiger partial charge in [0.05, 0.1) is 123 Å². The van der Waals surface area contributed by atoms with Crippen LogP contribution in [0.1, 0.15) is 62.0 Å². The van der Waals surface area contributed by atoms with Crippen LogP contribution in [0.15, 0.2) is 48.5 Å². The van der Waals surface area contributed by atoms with Crippen LogP contribution in [0.5, 0.6) is 0 Å². The van der Waals surface area contributed by atoms with E-state index in [-0.39, 0.29) is 62.9 Å². The molecule has 402 valence electrons. The van der Waals surface area contributed by atoms with Crippen molar-refractivity contribution in [2.24, 2.45) is 0 Å². The number of carboxylic acids is 1. The number of fused-ring (bicyclic) bond motifs is 3. The topological polar surface area (TPSA) is 274 Å². The van der Waals surface area contributed by atoms with Crippen LogP contribution in [0, 0.1) is 0 Å². The number of amides is 3. The Labute approximate surface area is 417 Å². The van der Waals surface area contributed by atoms with E-state index in [1.165, 1.54) is 0 Å². The van der Waals surface area contributed by atoms with Crippen LogP contribution >= 0.6 is 0 Å². The number of aliphatic carboxylic acids is 1. The summed E-state index contributed by atoms with van der Waals surface area (Å²) in [4.78, 5) is 58.5. The van der Waals surface area contributed by atoms with Gasteiger partial charge in [0.15, 0.2) is 6.79 Å². The van der Waals surface area contributed by atoms with Gasteiger partial charge in [0, 0.05) is 50.4 Å². The Kier molecular flexibility index (Phi) is 31.3. The molecule has 23 heteroatoms. The minimum Gasteiger partial charge on any atom is -0.748 e. The molecular weight excluding hydrogens is 953 g/mol. The number of rotatable bonds is 44. The van der Waals surface area contributed by atoms with E-state index in [9.17, 15) is 37.3 Å². The Morgan fingerprint density at radius 3 is 1.72 bits per heavy atom. The lowest BCUT2D eigenvalue weighted by molar-refractivity contribution is -0.890. The van der Waals surface area contributed by atoms with E-state index >= 15 is 0 Å². The van der Waals surface area contributed by atoms with Crippen molar-refractivity contribution in [3.05, 3.63) is 59.7 Å². The molecule has 0 saturated heterocycles. The summed E-state index contributed by atoms with van der Waals surface area (Å²) in [6, 6.07) is 14.8. The molecule has 1 aliphatic rings. The van der Waals surface area contributed by atoms with E-state index in [4.69, 9.17) is 47.7 Å². The average molecular weight is 1030 g/mol. The first-order valence-corrected chi connectivity index (χ1v) is 25.8. The molecule has 22 nitrogen and oxygen atoms in total. The maximum absolute atomic E-state index is 12.6. The molecule has 4 N–H and O–H groups in total. The Morgan fingerprint density at radius 1 is 0.620 bits per heavy atom. The lowest BCUT2D eigenvalue weighted by Gasteiger charge is -2.30. The van der Waals surface area contributed by atoms with Crippen LogP contribution in [0.25, 0.3) is 11.1 Å². The van der Waals surface area contributed by atoms with E-state index in [2.05, 4.69) is 16.0 Å². The number of alkyl carbamates (subject to hydrolysis) is 1. The van der Waals surface area contributed by atoms with Crippen molar-refractivity contribution in [3.63, 3.8) is 0 Å². The maximum atomic E-state index is 12.6. The summed E-state index contributed by atoms with van der Waals surface area (Å²) in [7, 11) is -0.325. The quantitative estimate of drug-likeness (QED) is 0.0185. The number of quaternary nitrogens is 1. The van der Waals surface area contributed by atoms with E-state index in [0.717, 1.165) is 22.3 Å². The number of nitrogens with one attached hydrogen (secondary N) is 3. The van der Waals surface area contributed by atoms with Gasteiger partial charge in [-0.3, -0.25) is 9.59 Å². The number of benzene rings is 2. The maximum Gasteiger partial charge on any atom is 0.407 e. The average Bonchev–Trinajstić information content (AvgIpc) is 3.65. The molecule has 0 saturated carbocycles. The lowest BCUT2D eigenvalue weighted by atomic mass is 9.98. The fourth-order valence-electron chi connectivity index (χ4n) is 7.27. The van der Waals surface area contributed by atoms with Gasteiger partial charge in [0.25, 0.3) is 0 Å². The fourth-order valence-corrected chi connectivity index (χ4v) is 7.76. The minimum absolute atomic E-state index is 0.0673. The van der Waals surface area contributed by atoms with Crippen LogP contribution in [-0.2, 0) is 72.2 Å². The Balaban J connectivity index is 0.987. The number of carbonyl (C=O) groups is 4. The van der Waals surface area contributed by atoms with Gasteiger partial charge in [-0.05, 0) is 41.5 Å². The summed E-state index contributed by atoms with van der Waals surface area (Å²) in [6.07, 6.45) is 1.87. The molecule has 3 amide bonds. The third-order valence-corrected chi connectivity index (χ3v) is 11.7. The number of carbonyl (C=O) groups excluding carboxylic acids is 3. The van der Waals surface area contributed by atoms with Crippen molar-refractivity contribution in [1.82, 2.24) is 16.0 Å². The predicted molar refractivity (Wildman–Crippen MR) is 257 cm³/mol. The third-order valence-electron chi connectivity index (χ3n) is 10.9. The van der Waals surface area contributed by atoms with Crippen LogP contribution in [0.3, 0.4) is 0 Å². The molecule has 2 aromatic rings. The fraction of sp³-hybridized carbons (Fsp3) is 0.667. The number of ether oxygens (including phenoxy) is 8. The van der Waals surface area contributed by atoms with Crippen molar-refractivity contribution in [1.29, 1.82) is 0 Å². The van der Waals surface area contributed by atoms with Gasteiger partial charge in [0.2, 0.25) is 11.8 Å². The Hall–Kier alpha value is -4.37. The van der Waals surface area contributed by atoms with Gasteiger partial charge in [-0.15, -0.1) is 0 Å². The predicted octanol–water partition coefficient (Wildman–Crippen LogP) is 2.58. The van der Waals surface area contributed by atoms with Crippen LogP contribution < -0.4 is 16.0 Å². The summed E-state index contributed by atoms with van der Waals surface area (Å²) in [5, 5.41) is 17.7. The first-order valence-electron chi connectivity index (χ1n) is 24.2. The molecule has 0 aliphatic heterocycles. The first-order chi connectivity index (χ1) is 34.3. The van der Waals surface area contributed by atoms with E-state index in [1.54, 1.807) is 0 Å². The van der Waals surface area contributed by atoms with Crippen molar-refractivity contribution < 1.29 is 89.4 Å².